The third-order valence-electron chi connectivity index (χ3n) is 7.63. The number of fused-ring (bicyclic) bond motifs is 1. The molecule has 9 heteroatoms. The van der Waals surface area contributed by atoms with E-state index in [1.165, 1.54) is 28.8 Å². The van der Waals surface area contributed by atoms with Crippen molar-refractivity contribution in [3.63, 3.8) is 0 Å². The predicted octanol–water partition coefficient (Wildman–Crippen LogP) is 6.18. The Hall–Kier alpha value is -4.76. The topological polar surface area (TPSA) is 80.1 Å². The van der Waals surface area contributed by atoms with Crippen LogP contribution in [0.5, 0.6) is 0 Å². The Morgan fingerprint density at radius 1 is 1.00 bits per heavy atom. The van der Waals surface area contributed by atoms with E-state index in [9.17, 15) is 14.0 Å². The van der Waals surface area contributed by atoms with Gasteiger partial charge in [0.1, 0.15) is 18.2 Å². The molecule has 1 N–H and O–H groups in total. The molecule has 1 atom stereocenters. The number of aryl methyl sites for hydroxylation is 1. The van der Waals surface area contributed by atoms with Crippen molar-refractivity contribution in [2.45, 2.75) is 25.6 Å². The molecule has 2 amide bonds. The zero-order chi connectivity index (χ0) is 29.9. The van der Waals surface area contributed by atoms with Crippen LogP contribution in [-0.2, 0) is 16.1 Å². The Morgan fingerprint density at radius 2 is 1.77 bits per heavy atom. The molecule has 0 bridgehead atoms. The first-order valence-corrected chi connectivity index (χ1v) is 15.0. The monoisotopic (exact) mass is 591 g/mol. The van der Waals surface area contributed by atoms with Crippen molar-refractivity contribution < 1.29 is 14.0 Å². The summed E-state index contributed by atoms with van der Waals surface area (Å²) in [4.78, 5) is 32.9. The number of carbonyl (C=O) groups is 2. The summed E-state index contributed by atoms with van der Waals surface area (Å²) in [7, 11) is 0. The van der Waals surface area contributed by atoms with E-state index < -0.39 is 5.25 Å². The van der Waals surface area contributed by atoms with Crippen molar-refractivity contribution >= 4 is 29.4 Å². The van der Waals surface area contributed by atoms with Gasteiger partial charge in [0.25, 0.3) is 0 Å². The van der Waals surface area contributed by atoms with Gasteiger partial charge in [-0.25, -0.2) is 9.07 Å². The van der Waals surface area contributed by atoms with Gasteiger partial charge in [-0.3, -0.25) is 19.5 Å². The van der Waals surface area contributed by atoms with Crippen LogP contribution in [0.3, 0.4) is 0 Å². The Kier molecular flexibility index (Phi) is 8.07. The lowest BCUT2D eigenvalue weighted by Gasteiger charge is -2.24. The number of nitrogens with zero attached hydrogens (tertiary/aromatic N) is 4. The standard InChI is InChI=1S/C34H30FN5O2S/c1-22-8-6-13-28(23(22)2)40-34-31(32(38-40)25-9-4-3-5-10-25)33(26-11-7-12-27(35)18-26)43-21-30(42)39(34)20-29(41)37-19-24-14-16-36-17-15-24/h3-18,33H,19-21H2,1-2H3,(H,37,41). The van der Waals surface area contributed by atoms with Gasteiger partial charge in [0.2, 0.25) is 11.8 Å². The van der Waals surface area contributed by atoms with Gasteiger partial charge in [-0.05, 0) is 66.4 Å². The summed E-state index contributed by atoms with van der Waals surface area (Å²) < 4.78 is 16.4. The molecule has 0 aliphatic carbocycles. The number of thioether (sulfide) groups is 1. The van der Waals surface area contributed by atoms with Crippen molar-refractivity contribution in [3.05, 3.63) is 131 Å². The molecule has 0 saturated carbocycles. The Balaban J connectivity index is 1.55. The Labute approximate surface area is 253 Å². The van der Waals surface area contributed by atoms with Crippen molar-refractivity contribution in [1.29, 1.82) is 0 Å². The number of hydrogen-bond donors (Lipinski definition) is 1. The van der Waals surface area contributed by atoms with Gasteiger partial charge in [-0.1, -0.05) is 54.6 Å². The molecule has 3 heterocycles. The fourth-order valence-corrected chi connectivity index (χ4v) is 6.48. The summed E-state index contributed by atoms with van der Waals surface area (Å²) >= 11 is 1.41. The molecule has 7 nitrogen and oxygen atoms in total. The van der Waals surface area contributed by atoms with E-state index in [-0.39, 0.29) is 29.9 Å². The van der Waals surface area contributed by atoms with Crippen LogP contribution in [-0.4, -0.2) is 38.9 Å². The van der Waals surface area contributed by atoms with Crippen LogP contribution in [0.15, 0.2) is 97.3 Å². The van der Waals surface area contributed by atoms with E-state index >= 15 is 0 Å². The lowest BCUT2D eigenvalue weighted by molar-refractivity contribution is -0.123. The van der Waals surface area contributed by atoms with E-state index in [0.717, 1.165) is 39.1 Å². The zero-order valence-corrected chi connectivity index (χ0v) is 24.6. The molecule has 0 saturated heterocycles. The summed E-state index contributed by atoms with van der Waals surface area (Å²) in [5, 5.41) is 7.67. The third kappa shape index (κ3) is 5.81. The van der Waals surface area contributed by atoms with Gasteiger partial charge < -0.3 is 5.32 Å². The molecule has 6 rings (SSSR count). The average Bonchev–Trinajstić information content (AvgIpc) is 3.34. The molecule has 0 radical (unpaired) electrons. The third-order valence-corrected chi connectivity index (χ3v) is 8.89. The highest BCUT2D eigenvalue weighted by atomic mass is 32.2. The lowest BCUT2D eigenvalue weighted by Crippen LogP contribution is -2.42. The smallest absolute Gasteiger partial charge is 0.240 e. The van der Waals surface area contributed by atoms with Crippen molar-refractivity contribution in [2.75, 3.05) is 17.2 Å². The molecule has 1 aliphatic rings. The minimum absolute atomic E-state index is 0.106. The number of hydrogen-bond acceptors (Lipinski definition) is 5. The van der Waals surface area contributed by atoms with E-state index in [2.05, 4.69) is 10.3 Å². The van der Waals surface area contributed by atoms with Crippen LogP contribution in [0.25, 0.3) is 16.9 Å². The van der Waals surface area contributed by atoms with E-state index in [0.29, 0.717) is 18.1 Å². The summed E-state index contributed by atoms with van der Waals surface area (Å²) in [5.41, 5.74) is 6.80. The Bertz CT molecular complexity index is 1790. The molecule has 43 heavy (non-hydrogen) atoms. The summed E-state index contributed by atoms with van der Waals surface area (Å²) in [5.74, 6) is -0.272. The molecular weight excluding hydrogens is 561 g/mol. The Morgan fingerprint density at radius 3 is 2.53 bits per heavy atom. The largest absolute Gasteiger partial charge is 0.350 e. The fraction of sp³-hybridized carbons (Fsp3) is 0.176. The molecule has 1 aliphatic heterocycles. The summed E-state index contributed by atoms with van der Waals surface area (Å²) in [6, 6.07) is 25.8. The van der Waals surface area contributed by atoms with Crippen LogP contribution < -0.4 is 10.2 Å². The molecule has 0 fully saturated rings. The minimum Gasteiger partial charge on any atom is -0.350 e. The number of carbonyl (C=O) groups excluding carboxylic acids is 2. The van der Waals surface area contributed by atoms with Crippen LogP contribution in [0.2, 0.25) is 0 Å². The number of amides is 2. The normalized spacial score (nSPS) is 14.7. The lowest BCUT2D eigenvalue weighted by atomic mass is 9.99. The van der Waals surface area contributed by atoms with Crippen LogP contribution in [0.1, 0.15) is 33.1 Å². The summed E-state index contributed by atoms with van der Waals surface area (Å²) in [6.45, 7) is 4.16. The maximum absolute atomic E-state index is 14.6. The summed E-state index contributed by atoms with van der Waals surface area (Å²) in [6.07, 6.45) is 3.34. The second kappa shape index (κ2) is 12.2. The van der Waals surface area contributed by atoms with Crippen molar-refractivity contribution in [1.82, 2.24) is 20.1 Å². The number of rotatable bonds is 7. The molecule has 3 aromatic carbocycles. The van der Waals surface area contributed by atoms with Gasteiger partial charge in [-0.15, -0.1) is 11.8 Å². The van der Waals surface area contributed by atoms with Crippen molar-refractivity contribution in [3.8, 4) is 16.9 Å². The van der Waals surface area contributed by atoms with E-state index in [1.54, 1.807) is 23.1 Å². The maximum Gasteiger partial charge on any atom is 0.240 e. The van der Waals surface area contributed by atoms with Gasteiger partial charge >= 0.3 is 0 Å². The predicted molar refractivity (Wildman–Crippen MR) is 168 cm³/mol. The highest BCUT2D eigenvalue weighted by Crippen LogP contribution is 2.48. The quantitative estimate of drug-likeness (QED) is 0.245. The van der Waals surface area contributed by atoms with Crippen LogP contribution >= 0.6 is 11.8 Å². The SMILES string of the molecule is Cc1cccc(-n2nc(-c3ccccc3)c3c2N(CC(=O)NCc2ccncc2)C(=O)CSC3c2cccc(F)c2)c1C. The van der Waals surface area contributed by atoms with Gasteiger partial charge in [0.05, 0.1) is 22.4 Å². The zero-order valence-electron chi connectivity index (χ0n) is 23.8. The average molecular weight is 592 g/mol. The molecule has 216 valence electrons. The number of nitrogens with one attached hydrogen (secondary N) is 1. The van der Waals surface area contributed by atoms with Gasteiger partial charge in [0, 0.05) is 30.1 Å². The van der Waals surface area contributed by atoms with Crippen LogP contribution in [0, 0.1) is 19.7 Å². The first-order chi connectivity index (χ1) is 20.9. The highest BCUT2D eigenvalue weighted by Gasteiger charge is 2.38. The molecule has 0 spiro atoms. The second-order valence-corrected chi connectivity index (χ2v) is 11.5. The second-order valence-electron chi connectivity index (χ2n) is 10.4. The first kappa shape index (κ1) is 28.4. The number of aromatic nitrogens is 3. The van der Waals surface area contributed by atoms with E-state index in [1.807, 2.05) is 80.6 Å². The van der Waals surface area contributed by atoms with Gasteiger partial charge in [0.15, 0.2) is 0 Å². The maximum atomic E-state index is 14.6. The van der Waals surface area contributed by atoms with Crippen LogP contribution in [0.4, 0.5) is 10.2 Å². The fourth-order valence-electron chi connectivity index (χ4n) is 5.30. The molecule has 1 unspecified atom stereocenters. The minimum atomic E-state index is -0.409. The highest BCUT2D eigenvalue weighted by molar-refractivity contribution is 8.00. The van der Waals surface area contributed by atoms with Crippen molar-refractivity contribution in [2.24, 2.45) is 0 Å². The first-order valence-electron chi connectivity index (χ1n) is 14.0. The number of benzene rings is 3. The van der Waals surface area contributed by atoms with Gasteiger partial charge in [-0.2, -0.15) is 5.10 Å². The number of anilines is 1. The number of pyridine rings is 1. The molecule has 5 aromatic rings. The molecule has 2 aromatic heterocycles. The molecular formula is C34H30FN5O2S. The van der Waals surface area contributed by atoms with E-state index in [4.69, 9.17) is 5.10 Å². The number of halogens is 1.